The van der Waals surface area contributed by atoms with Crippen LogP contribution in [0, 0.1) is 0 Å². The lowest BCUT2D eigenvalue weighted by molar-refractivity contribution is -0.134. The lowest BCUT2D eigenvalue weighted by atomic mass is 9.98. The average molecular weight is 435 g/mol. The zero-order valence-electron chi connectivity index (χ0n) is 16.9. The minimum atomic E-state index is 0.189. The van der Waals surface area contributed by atoms with Crippen LogP contribution in [0.4, 0.5) is 0 Å². The molecule has 2 fully saturated rings. The zero-order chi connectivity index (χ0) is 20.4. The first-order valence-electron chi connectivity index (χ1n) is 10.3. The van der Waals surface area contributed by atoms with Gasteiger partial charge in [0.25, 0.3) is 0 Å². The number of hydrogen-bond acceptors (Lipinski definition) is 5. The van der Waals surface area contributed by atoms with Gasteiger partial charge in [0.1, 0.15) is 12.4 Å². The van der Waals surface area contributed by atoms with Crippen LogP contribution in [0.15, 0.2) is 29.4 Å². The third kappa shape index (κ3) is 4.72. The Bertz CT molecular complexity index is 860. The summed E-state index contributed by atoms with van der Waals surface area (Å²) >= 11 is 7.66. The van der Waals surface area contributed by atoms with Gasteiger partial charge in [-0.25, -0.2) is 0 Å². The molecule has 1 aliphatic heterocycles. The van der Waals surface area contributed by atoms with Crippen molar-refractivity contribution in [1.29, 1.82) is 0 Å². The number of nitrogens with zero attached hydrogens (tertiary/aromatic N) is 4. The number of para-hydroxylation sites is 1. The first kappa shape index (κ1) is 20.5. The topological polar surface area (TPSA) is 60.3 Å². The Morgan fingerprint density at radius 3 is 2.59 bits per heavy atom. The van der Waals surface area contributed by atoms with Crippen molar-refractivity contribution in [1.82, 2.24) is 19.7 Å². The van der Waals surface area contributed by atoms with E-state index in [0.717, 1.165) is 36.7 Å². The molecule has 0 radical (unpaired) electrons. The van der Waals surface area contributed by atoms with Crippen LogP contribution in [0.5, 0.6) is 5.75 Å². The molecule has 2 heterocycles. The Balaban J connectivity index is 1.42. The summed E-state index contributed by atoms with van der Waals surface area (Å²) in [4.78, 5) is 14.9. The van der Waals surface area contributed by atoms with Crippen molar-refractivity contribution in [2.24, 2.45) is 0 Å². The lowest BCUT2D eigenvalue weighted by Crippen LogP contribution is -2.48. The Morgan fingerprint density at radius 2 is 1.90 bits per heavy atom. The molecule has 1 saturated carbocycles. The van der Waals surface area contributed by atoms with Gasteiger partial charge in [-0.15, -0.1) is 10.2 Å². The highest BCUT2D eigenvalue weighted by atomic mass is 35.5. The fourth-order valence-corrected chi connectivity index (χ4v) is 5.11. The SMILES string of the molecule is CC1CCCC(C)N1C(=O)CSc1nnc(COc2ccccc2Cl)n1C1CC1. The summed E-state index contributed by atoms with van der Waals surface area (Å²) in [7, 11) is 0. The Morgan fingerprint density at radius 1 is 1.17 bits per heavy atom. The van der Waals surface area contributed by atoms with Crippen LogP contribution in [0.25, 0.3) is 0 Å². The van der Waals surface area contributed by atoms with Crippen LogP contribution >= 0.6 is 23.4 Å². The van der Waals surface area contributed by atoms with E-state index in [2.05, 4.69) is 33.5 Å². The molecule has 4 rings (SSSR count). The maximum Gasteiger partial charge on any atom is 0.233 e. The highest BCUT2D eigenvalue weighted by Gasteiger charge is 2.32. The van der Waals surface area contributed by atoms with Gasteiger partial charge in [0, 0.05) is 18.1 Å². The van der Waals surface area contributed by atoms with E-state index in [1.165, 1.54) is 18.2 Å². The predicted octanol–water partition coefficient (Wildman–Crippen LogP) is 4.73. The smallest absolute Gasteiger partial charge is 0.233 e. The zero-order valence-corrected chi connectivity index (χ0v) is 18.5. The van der Waals surface area contributed by atoms with E-state index in [-0.39, 0.29) is 5.91 Å². The minimum absolute atomic E-state index is 0.189. The standard InChI is InChI=1S/C21H27ClN4O2S/c1-14-6-5-7-15(2)25(14)20(27)13-29-21-24-23-19(26(21)16-10-11-16)12-28-18-9-4-3-8-17(18)22/h3-4,8-9,14-16H,5-7,10-13H2,1-2H3. The fraction of sp³-hybridized carbons (Fsp3) is 0.571. The maximum atomic E-state index is 12.9. The first-order valence-corrected chi connectivity index (χ1v) is 11.7. The van der Waals surface area contributed by atoms with Crippen molar-refractivity contribution >= 4 is 29.3 Å². The second-order valence-corrected chi connectivity index (χ2v) is 9.29. The summed E-state index contributed by atoms with van der Waals surface area (Å²) in [5.74, 6) is 2.00. The molecule has 1 amide bonds. The van der Waals surface area contributed by atoms with Crippen molar-refractivity contribution in [3.05, 3.63) is 35.1 Å². The van der Waals surface area contributed by atoms with Gasteiger partial charge in [0.15, 0.2) is 11.0 Å². The first-order chi connectivity index (χ1) is 14.0. The van der Waals surface area contributed by atoms with Crippen molar-refractivity contribution in [2.75, 3.05) is 5.75 Å². The quantitative estimate of drug-likeness (QED) is 0.589. The molecular formula is C21H27ClN4O2S. The highest BCUT2D eigenvalue weighted by Crippen LogP contribution is 2.39. The van der Waals surface area contributed by atoms with E-state index in [9.17, 15) is 4.79 Å². The van der Waals surface area contributed by atoms with Gasteiger partial charge >= 0.3 is 0 Å². The molecule has 0 bridgehead atoms. The number of aromatic nitrogens is 3. The molecule has 0 N–H and O–H groups in total. The Labute approximate surface area is 181 Å². The van der Waals surface area contributed by atoms with E-state index in [1.807, 2.05) is 18.2 Å². The number of ether oxygens (including phenoxy) is 1. The molecule has 29 heavy (non-hydrogen) atoms. The summed E-state index contributed by atoms with van der Waals surface area (Å²) < 4.78 is 8.00. The number of amides is 1. The van der Waals surface area contributed by atoms with Gasteiger partial charge in [0.2, 0.25) is 5.91 Å². The van der Waals surface area contributed by atoms with Crippen LogP contribution in [-0.4, -0.2) is 43.4 Å². The monoisotopic (exact) mass is 434 g/mol. The van der Waals surface area contributed by atoms with Crippen molar-refractivity contribution in [2.45, 2.75) is 75.8 Å². The summed E-state index contributed by atoms with van der Waals surface area (Å²) in [6, 6.07) is 8.44. The molecule has 1 saturated heterocycles. The van der Waals surface area contributed by atoms with Crippen LogP contribution in [0.3, 0.4) is 0 Å². The van der Waals surface area contributed by atoms with Crippen LogP contribution in [0.1, 0.15) is 57.8 Å². The molecule has 6 nitrogen and oxygen atoms in total. The van der Waals surface area contributed by atoms with Gasteiger partial charge in [-0.1, -0.05) is 35.5 Å². The van der Waals surface area contributed by atoms with Gasteiger partial charge in [-0.3, -0.25) is 9.36 Å². The molecule has 0 spiro atoms. The van der Waals surface area contributed by atoms with E-state index in [1.54, 1.807) is 6.07 Å². The summed E-state index contributed by atoms with van der Waals surface area (Å²) in [6.45, 7) is 4.60. The molecule has 2 atom stereocenters. The molecule has 2 aliphatic rings. The number of carbonyl (C=O) groups is 1. The number of hydrogen-bond donors (Lipinski definition) is 0. The molecule has 1 aromatic carbocycles. The number of piperidine rings is 1. The van der Waals surface area contributed by atoms with Crippen molar-refractivity contribution in [3.63, 3.8) is 0 Å². The number of carbonyl (C=O) groups excluding carboxylic acids is 1. The molecule has 1 aliphatic carbocycles. The second-order valence-electron chi connectivity index (χ2n) is 7.94. The normalized spacial score (nSPS) is 22.0. The molecule has 1 aromatic heterocycles. The highest BCUT2D eigenvalue weighted by molar-refractivity contribution is 7.99. The third-order valence-electron chi connectivity index (χ3n) is 5.65. The van der Waals surface area contributed by atoms with Crippen molar-refractivity contribution < 1.29 is 9.53 Å². The number of halogens is 1. The third-order valence-corrected chi connectivity index (χ3v) is 6.89. The number of rotatable bonds is 7. The number of benzene rings is 1. The molecule has 2 unspecified atom stereocenters. The van der Waals surface area contributed by atoms with Gasteiger partial charge in [0.05, 0.1) is 10.8 Å². The van der Waals surface area contributed by atoms with Crippen LogP contribution in [0.2, 0.25) is 5.02 Å². The largest absolute Gasteiger partial charge is 0.484 e. The Kier molecular flexibility index (Phi) is 6.35. The Hall–Kier alpha value is -1.73. The van der Waals surface area contributed by atoms with E-state index in [0.29, 0.717) is 41.3 Å². The van der Waals surface area contributed by atoms with E-state index >= 15 is 0 Å². The molecule has 2 aromatic rings. The van der Waals surface area contributed by atoms with E-state index in [4.69, 9.17) is 16.3 Å². The molecule has 156 valence electrons. The van der Waals surface area contributed by atoms with E-state index < -0.39 is 0 Å². The fourth-order valence-electron chi connectivity index (χ4n) is 4.02. The van der Waals surface area contributed by atoms with Crippen LogP contribution < -0.4 is 4.74 Å². The van der Waals surface area contributed by atoms with Gasteiger partial charge in [-0.2, -0.15) is 0 Å². The minimum Gasteiger partial charge on any atom is -0.484 e. The lowest BCUT2D eigenvalue weighted by Gasteiger charge is -2.39. The molecular weight excluding hydrogens is 408 g/mol. The van der Waals surface area contributed by atoms with Gasteiger partial charge in [-0.05, 0) is 58.1 Å². The summed E-state index contributed by atoms with van der Waals surface area (Å²) in [6.07, 6.45) is 5.59. The number of likely N-dealkylation sites (tertiary alicyclic amines) is 1. The average Bonchev–Trinajstić information content (AvgIpc) is 3.46. The summed E-state index contributed by atoms with van der Waals surface area (Å²) in [5, 5.41) is 10.1. The van der Waals surface area contributed by atoms with Crippen LogP contribution in [-0.2, 0) is 11.4 Å². The maximum absolute atomic E-state index is 12.9. The summed E-state index contributed by atoms with van der Waals surface area (Å²) in [5.41, 5.74) is 0. The molecule has 8 heteroatoms. The second kappa shape index (κ2) is 8.96. The van der Waals surface area contributed by atoms with Gasteiger partial charge < -0.3 is 9.64 Å². The predicted molar refractivity (Wildman–Crippen MR) is 114 cm³/mol. The number of thioether (sulfide) groups is 1. The van der Waals surface area contributed by atoms with Crippen molar-refractivity contribution in [3.8, 4) is 5.75 Å².